The first kappa shape index (κ1) is 11.8. The molecule has 2 heterocycles. The van der Waals surface area contributed by atoms with Crippen molar-refractivity contribution in [3.05, 3.63) is 47.7 Å². The van der Waals surface area contributed by atoms with E-state index in [1.54, 1.807) is 24.1 Å². The van der Waals surface area contributed by atoms with Crippen LogP contribution in [-0.4, -0.2) is 22.8 Å². The zero-order valence-electron chi connectivity index (χ0n) is 9.44. The molecule has 2 rings (SSSR count). The van der Waals surface area contributed by atoms with Crippen LogP contribution in [0.5, 0.6) is 0 Å². The van der Waals surface area contributed by atoms with Crippen molar-refractivity contribution in [3.63, 3.8) is 0 Å². The second-order valence-corrected chi connectivity index (χ2v) is 4.02. The molecule has 0 aliphatic heterocycles. The molecule has 0 aliphatic rings. The number of nitrogens with one attached hydrogen (secondary N) is 1. The fraction of sp³-hybridized carbons (Fsp3) is 0.250. The molecule has 0 unspecified atom stereocenters. The first-order valence-electron chi connectivity index (χ1n) is 5.23. The molecular formula is C12H13ClN2O2. The Kier molecular flexibility index (Phi) is 3.54. The fourth-order valence-electron chi connectivity index (χ4n) is 1.55. The van der Waals surface area contributed by atoms with Crippen LogP contribution in [0.4, 0.5) is 0 Å². The Morgan fingerprint density at radius 3 is 2.88 bits per heavy atom. The number of amides is 1. The smallest absolute Gasteiger partial charge is 0.289 e. The van der Waals surface area contributed by atoms with Crippen molar-refractivity contribution >= 4 is 17.5 Å². The molecule has 0 aromatic carbocycles. The molecule has 17 heavy (non-hydrogen) atoms. The lowest BCUT2D eigenvalue weighted by atomic mass is 10.3. The standard InChI is InChI=1S/C12H13ClN2O2/c1-15(8-9-3-2-6-14-9)12(16)11-5-4-10(7-13)17-11/h2-6,14H,7-8H2,1H3. The Bertz CT molecular complexity index is 490. The quantitative estimate of drug-likeness (QED) is 0.851. The largest absolute Gasteiger partial charge is 0.455 e. The highest BCUT2D eigenvalue weighted by molar-refractivity contribution is 6.16. The summed E-state index contributed by atoms with van der Waals surface area (Å²) >= 11 is 5.62. The van der Waals surface area contributed by atoms with Gasteiger partial charge in [0.2, 0.25) is 0 Å². The normalized spacial score (nSPS) is 10.5. The molecule has 2 aromatic rings. The van der Waals surface area contributed by atoms with Crippen LogP contribution in [0.2, 0.25) is 0 Å². The van der Waals surface area contributed by atoms with Gasteiger partial charge in [-0.2, -0.15) is 0 Å². The van der Waals surface area contributed by atoms with Crippen LogP contribution in [0.25, 0.3) is 0 Å². The fourth-order valence-corrected chi connectivity index (χ4v) is 1.69. The van der Waals surface area contributed by atoms with E-state index >= 15 is 0 Å². The molecule has 1 amide bonds. The topological polar surface area (TPSA) is 49.2 Å². The van der Waals surface area contributed by atoms with E-state index in [1.165, 1.54) is 0 Å². The summed E-state index contributed by atoms with van der Waals surface area (Å²) in [6, 6.07) is 7.18. The minimum Gasteiger partial charge on any atom is -0.455 e. The third-order valence-corrected chi connectivity index (χ3v) is 2.68. The molecular weight excluding hydrogens is 240 g/mol. The van der Waals surface area contributed by atoms with Gasteiger partial charge in [-0.1, -0.05) is 0 Å². The van der Waals surface area contributed by atoms with E-state index in [0.29, 0.717) is 18.1 Å². The molecule has 0 atom stereocenters. The highest BCUT2D eigenvalue weighted by atomic mass is 35.5. The van der Waals surface area contributed by atoms with Crippen molar-refractivity contribution in [1.82, 2.24) is 9.88 Å². The van der Waals surface area contributed by atoms with Crippen molar-refractivity contribution in [1.29, 1.82) is 0 Å². The second kappa shape index (κ2) is 5.10. The van der Waals surface area contributed by atoms with Gasteiger partial charge in [0.15, 0.2) is 5.76 Å². The Hall–Kier alpha value is -1.68. The van der Waals surface area contributed by atoms with Gasteiger partial charge in [-0.15, -0.1) is 11.6 Å². The van der Waals surface area contributed by atoms with E-state index in [9.17, 15) is 4.79 Å². The molecule has 90 valence electrons. The zero-order valence-corrected chi connectivity index (χ0v) is 10.2. The average molecular weight is 253 g/mol. The van der Waals surface area contributed by atoms with Crippen LogP contribution in [0.15, 0.2) is 34.9 Å². The summed E-state index contributed by atoms with van der Waals surface area (Å²) in [6.45, 7) is 0.517. The minimum atomic E-state index is -0.157. The van der Waals surface area contributed by atoms with Crippen LogP contribution >= 0.6 is 11.6 Å². The maximum Gasteiger partial charge on any atom is 0.289 e. The molecule has 0 aliphatic carbocycles. The van der Waals surface area contributed by atoms with Crippen molar-refractivity contribution in [2.24, 2.45) is 0 Å². The molecule has 4 nitrogen and oxygen atoms in total. The number of halogens is 1. The molecule has 0 bridgehead atoms. The number of rotatable bonds is 4. The molecule has 0 fully saturated rings. The molecule has 2 aromatic heterocycles. The van der Waals surface area contributed by atoms with Gasteiger partial charge in [-0.25, -0.2) is 0 Å². The number of alkyl halides is 1. The van der Waals surface area contributed by atoms with Crippen molar-refractivity contribution < 1.29 is 9.21 Å². The number of carbonyl (C=O) groups is 1. The minimum absolute atomic E-state index is 0.157. The Morgan fingerprint density at radius 2 is 2.29 bits per heavy atom. The second-order valence-electron chi connectivity index (χ2n) is 3.76. The highest BCUT2D eigenvalue weighted by Crippen LogP contribution is 2.13. The van der Waals surface area contributed by atoms with E-state index in [0.717, 1.165) is 5.69 Å². The predicted molar refractivity (Wildman–Crippen MR) is 64.9 cm³/mol. The Labute approximate surface area is 104 Å². The third-order valence-electron chi connectivity index (χ3n) is 2.42. The molecule has 1 N–H and O–H groups in total. The summed E-state index contributed by atoms with van der Waals surface area (Å²) in [5.74, 6) is 1.03. The number of furan rings is 1. The van der Waals surface area contributed by atoms with Gasteiger partial charge in [-0.3, -0.25) is 4.79 Å². The Morgan fingerprint density at radius 1 is 1.47 bits per heavy atom. The van der Waals surface area contributed by atoms with Crippen LogP contribution in [0.3, 0.4) is 0 Å². The first-order valence-corrected chi connectivity index (χ1v) is 5.76. The van der Waals surface area contributed by atoms with Gasteiger partial charge in [0.1, 0.15) is 5.76 Å². The lowest BCUT2D eigenvalue weighted by Gasteiger charge is -2.14. The van der Waals surface area contributed by atoms with Gasteiger partial charge >= 0.3 is 0 Å². The zero-order chi connectivity index (χ0) is 12.3. The summed E-state index contributed by atoms with van der Waals surface area (Å²) in [4.78, 5) is 16.6. The van der Waals surface area contributed by atoms with E-state index < -0.39 is 0 Å². The summed E-state index contributed by atoms with van der Waals surface area (Å²) < 4.78 is 5.30. The van der Waals surface area contributed by atoms with Gasteiger partial charge in [-0.05, 0) is 24.3 Å². The predicted octanol–water partition coefficient (Wildman–Crippen LogP) is 2.62. The van der Waals surface area contributed by atoms with Crippen molar-refractivity contribution in [3.8, 4) is 0 Å². The summed E-state index contributed by atoms with van der Waals surface area (Å²) in [6.07, 6.45) is 1.83. The molecule has 0 spiro atoms. The highest BCUT2D eigenvalue weighted by Gasteiger charge is 2.16. The monoisotopic (exact) mass is 252 g/mol. The number of aromatic nitrogens is 1. The third kappa shape index (κ3) is 2.71. The summed E-state index contributed by atoms with van der Waals surface area (Å²) in [7, 11) is 1.73. The van der Waals surface area contributed by atoms with Crippen LogP contribution in [0, 0.1) is 0 Å². The van der Waals surface area contributed by atoms with Crippen LogP contribution in [0.1, 0.15) is 22.0 Å². The number of hydrogen-bond donors (Lipinski definition) is 1. The summed E-state index contributed by atoms with van der Waals surface area (Å²) in [5, 5.41) is 0. The number of nitrogens with zero attached hydrogens (tertiary/aromatic N) is 1. The average Bonchev–Trinajstić information content (AvgIpc) is 2.98. The van der Waals surface area contributed by atoms with Gasteiger partial charge in [0.05, 0.1) is 12.4 Å². The van der Waals surface area contributed by atoms with E-state index in [4.69, 9.17) is 16.0 Å². The number of aromatic amines is 1. The van der Waals surface area contributed by atoms with E-state index in [1.807, 2.05) is 18.3 Å². The first-order chi connectivity index (χ1) is 8.20. The van der Waals surface area contributed by atoms with Crippen LogP contribution < -0.4 is 0 Å². The van der Waals surface area contributed by atoms with Crippen molar-refractivity contribution in [2.75, 3.05) is 7.05 Å². The molecule has 0 saturated heterocycles. The SMILES string of the molecule is CN(Cc1ccc[nH]1)C(=O)c1ccc(CCl)o1. The molecule has 0 saturated carbocycles. The number of hydrogen-bond acceptors (Lipinski definition) is 2. The number of H-pyrrole nitrogens is 1. The van der Waals surface area contributed by atoms with Gasteiger partial charge < -0.3 is 14.3 Å². The molecule has 0 radical (unpaired) electrons. The van der Waals surface area contributed by atoms with Crippen LogP contribution in [-0.2, 0) is 12.4 Å². The van der Waals surface area contributed by atoms with E-state index in [-0.39, 0.29) is 11.8 Å². The summed E-state index contributed by atoms with van der Waals surface area (Å²) in [5.41, 5.74) is 0.977. The lowest BCUT2D eigenvalue weighted by molar-refractivity contribution is 0.0750. The van der Waals surface area contributed by atoms with E-state index in [2.05, 4.69) is 4.98 Å². The maximum absolute atomic E-state index is 12.0. The van der Waals surface area contributed by atoms with Gasteiger partial charge in [0.25, 0.3) is 5.91 Å². The van der Waals surface area contributed by atoms with Crippen molar-refractivity contribution in [2.45, 2.75) is 12.4 Å². The van der Waals surface area contributed by atoms with Gasteiger partial charge in [0, 0.05) is 18.9 Å². The number of carbonyl (C=O) groups excluding carboxylic acids is 1. The maximum atomic E-state index is 12.0. The Balaban J connectivity index is 2.04. The molecule has 5 heteroatoms. The lowest BCUT2D eigenvalue weighted by Crippen LogP contribution is -2.25.